The third kappa shape index (κ3) is 2.53. The van der Waals surface area contributed by atoms with E-state index in [0.29, 0.717) is 0 Å². The maximum atomic E-state index is 11.8. The van der Waals surface area contributed by atoms with E-state index in [1.54, 1.807) is 0 Å². The Labute approximate surface area is 111 Å². The van der Waals surface area contributed by atoms with E-state index in [1.165, 1.54) is 0 Å². The quantitative estimate of drug-likeness (QED) is 0.778. The van der Waals surface area contributed by atoms with Crippen molar-refractivity contribution in [3.05, 3.63) is 26.2 Å². The normalized spacial score (nSPS) is 17.3. The Morgan fingerprint density at radius 3 is 2.73 bits per heavy atom. The number of halogens is 2. The summed E-state index contributed by atoms with van der Waals surface area (Å²) in [6.45, 7) is 2.00. The molecule has 1 aromatic rings. The molecule has 0 heterocycles. The van der Waals surface area contributed by atoms with Crippen molar-refractivity contribution in [2.24, 2.45) is 5.41 Å². The molecule has 0 aliphatic heterocycles. The van der Waals surface area contributed by atoms with Gasteiger partial charge in [0, 0.05) is 19.1 Å². The first kappa shape index (κ1) is 11.4. The maximum absolute atomic E-state index is 11.8. The van der Waals surface area contributed by atoms with Crippen molar-refractivity contribution < 1.29 is 4.79 Å². The van der Waals surface area contributed by atoms with Gasteiger partial charge in [0.25, 0.3) is 0 Å². The van der Waals surface area contributed by atoms with Crippen LogP contribution in [-0.4, -0.2) is 5.91 Å². The number of carbonyl (C=O) groups excluding carboxylic acids is 1. The molecule has 1 saturated carbocycles. The van der Waals surface area contributed by atoms with Gasteiger partial charge in [0.05, 0.1) is 0 Å². The molecule has 0 aromatic heterocycles. The molecule has 80 valence electrons. The van der Waals surface area contributed by atoms with Crippen molar-refractivity contribution in [1.82, 2.24) is 0 Å². The standard InChI is InChI=1S/C11H11BrINO/c1-11(4-5-11)10(15)14-7-2-3-9(13)8(12)6-7/h2-3,6H,4-5H2,1H3,(H,14,15). The molecule has 2 rings (SSSR count). The Bertz CT molecular complexity index is 415. The van der Waals surface area contributed by atoms with Crippen molar-refractivity contribution in [1.29, 1.82) is 0 Å². The number of hydrogen-bond donors (Lipinski definition) is 1. The largest absolute Gasteiger partial charge is 0.326 e. The van der Waals surface area contributed by atoms with Gasteiger partial charge in [0.15, 0.2) is 0 Å². The van der Waals surface area contributed by atoms with E-state index in [4.69, 9.17) is 0 Å². The van der Waals surface area contributed by atoms with Crippen molar-refractivity contribution in [2.45, 2.75) is 19.8 Å². The summed E-state index contributed by atoms with van der Waals surface area (Å²) in [6, 6.07) is 5.84. The molecule has 0 unspecified atom stereocenters. The zero-order valence-electron chi connectivity index (χ0n) is 8.31. The predicted molar refractivity (Wildman–Crippen MR) is 72.8 cm³/mol. The van der Waals surface area contributed by atoms with Crippen molar-refractivity contribution in [3.8, 4) is 0 Å². The smallest absolute Gasteiger partial charge is 0.230 e. The number of carbonyl (C=O) groups is 1. The van der Waals surface area contributed by atoms with E-state index in [1.807, 2.05) is 25.1 Å². The summed E-state index contributed by atoms with van der Waals surface area (Å²) in [6.07, 6.45) is 2.01. The van der Waals surface area contributed by atoms with Gasteiger partial charge in [0.1, 0.15) is 0 Å². The summed E-state index contributed by atoms with van der Waals surface area (Å²) >= 11 is 5.69. The summed E-state index contributed by atoms with van der Waals surface area (Å²) in [5, 5.41) is 2.94. The van der Waals surface area contributed by atoms with Gasteiger partial charge >= 0.3 is 0 Å². The second kappa shape index (κ2) is 4.05. The molecule has 1 aliphatic rings. The highest BCUT2D eigenvalue weighted by Gasteiger charge is 2.44. The zero-order chi connectivity index (χ0) is 11.1. The minimum absolute atomic E-state index is 0.116. The number of benzene rings is 1. The molecule has 1 fully saturated rings. The summed E-state index contributed by atoms with van der Waals surface area (Å²) in [7, 11) is 0. The van der Waals surface area contributed by atoms with Crippen LogP contribution in [0, 0.1) is 8.99 Å². The van der Waals surface area contributed by atoms with Crippen LogP contribution in [0.4, 0.5) is 5.69 Å². The fourth-order valence-electron chi connectivity index (χ4n) is 1.27. The van der Waals surface area contributed by atoms with E-state index in [-0.39, 0.29) is 11.3 Å². The van der Waals surface area contributed by atoms with Gasteiger partial charge in [-0.1, -0.05) is 6.92 Å². The SMILES string of the molecule is CC1(C(=O)Nc2ccc(I)c(Br)c2)CC1. The van der Waals surface area contributed by atoms with E-state index in [2.05, 4.69) is 43.8 Å². The Hall–Kier alpha value is -0.100. The first-order chi connectivity index (χ1) is 7.01. The number of nitrogens with one attached hydrogen (secondary N) is 1. The first-order valence-electron chi connectivity index (χ1n) is 4.78. The number of anilines is 1. The average molecular weight is 380 g/mol. The van der Waals surface area contributed by atoms with Crippen LogP contribution in [0.15, 0.2) is 22.7 Å². The average Bonchev–Trinajstić information content (AvgIpc) is 2.92. The molecule has 0 radical (unpaired) electrons. The number of amides is 1. The van der Waals surface area contributed by atoms with Crippen LogP contribution >= 0.6 is 38.5 Å². The van der Waals surface area contributed by atoms with E-state index in [9.17, 15) is 4.79 Å². The minimum atomic E-state index is -0.116. The topological polar surface area (TPSA) is 29.1 Å². The lowest BCUT2D eigenvalue weighted by Gasteiger charge is -2.10. The summed E-state index contributed by atoms with van der Waals surface area (Å²) < 4.78 is 2.16. The van der Waals surface area contributed by atoms with Crippen molar-refractivity contribution in [3.63, 3.8) is 0 Å². The first-order valence-corrected chi connectivity index (χ1v) is 6.65. The molecule has 1 amide bonds. The van der Waals surface area contributed by atoms with Gasteiger partial charge in [0.2, 0.25) is 5.91 Å². The van der Waals surface area contributed by atoms with Crippen LogP contribution in [0.1, 0.15) is 19.8 Å². The molecule has 4 heteroatoms. The molecule has 0 atom stereocenters. The number of hydrogen-bond acceptors (Lipinski definition) is 1. The van der Waals surface area contributed by atoms with Gasteiger partial charge < -0.3 is 5.32 Å². The molecular weight excluding hydrogens is 369 g/mol. The maximum Gasteiger partial charge on any atom is 0.230 e. The lowest BCUT2D eigenvalue weighted by molar-refractivity contribution is -0.120. The fourth-order valence-corrected chi connectivity index (χ4v) is 1.98. The minimum Gasteiger partial charge on any atom is -0.326 e. The lowest BCUT2D eigenvalue weighted by Crippen LogP contribution is -2.21. The summed E-state index contributed by atoms with van der Waals surface area (Å²) in [5.41, 5.74) is 0.746. The molecule has 15 heavy (non-hydrogen) atoms. The van der Waals surface area contributed by atoms with Crippen LogP contribution in [0.2, 0.25) is 0 Å². The third-order valence-electron chi connectivity index (χ3n) is 2.73. The van der Waals surface area contributed by atoms with E-state index in [0.717, 1.165) is 26.6 Å². The van der Waals surface area contributed by atoms with Gasteiger partial charge in [-0.2, -0.15) is 0 Å². The fraction of sp³-hybridized carbons (Fsp3) is 0.364. The molecule has 0 bridgehead atoms. The van der Waals surface area contributed by atoms with Crippen molar-refractivity contribution in [2.75, 3.05) is 5.32 Å². The highest BCUT2D eigenvalue weighted by Crippen LogP contribution is 2.45. The van der Waals surface area contributed by atoms with Gasteiger partial charge in [-0.05, 0) is 69.6 Å². The van der Waals surface area contributed by atoms with Crippen LogP contribution in [0.3, 0.4) is 0 Å². The van der Waals surface area contributed by atoms with Crippen LogP contribution in [-0.2, 0) is 4.79 Å². The van der Waals surface area contributed by atoms with Crippen molar-refractivity contribution >= 4 is 50.1 Å². The van der Waals surface area contributed by atoms with Crippen LogP contribution in [0.25, 0.3) is 0 Å². The molecule has 1 aromatic carbocycles. The van der Waals surface area contributed by atoms with Gasteiger partial charge in [-0.25, -0.2) is 0 Å². The highest BCUT2D eigenvalue weighted by molar-refractivity contribution is 14.1. The van der Waals surface area contributed by atoms with Gasteiger partial charge in [-0.15, -0.1) is 0 Å². The van der Waals surface area contributed by atoms with Gasteiger partial charge in [-0.3, -0.25) is 4.79 Å². The third-order valence-corrected chi connectivity index (χ3v) is 5.06. The lowest BCUT2D eigenvalue weighted by atomic mass is 10.1. The molecule has 0 spiro atoms. The highest BCUT2D eigenvalue weighted by atomic mass is 127. The molecule has 2 nitrogen and oxygen atoms in total. The Morgan fingerprint density at radius 2 is 2.20 bits per heavy atom. The summed E-state index contributed by atoms with van der Waals surface area (Å²) in [5.74, 6) is 0.135. The zero-order valence-corrected chi connectivity index (χ0v) is 12.1. The van der Waals surface area contributed by atoms with E-state index < -0.39 is 0 Å². The Balaban J connectivity index is 2.11. The second-order valence-corrected chi connectivity index (χ2v) is 6.16. The molecule has 1 aliphatic carbocycles. The van der Waals surface area contributed by atoms with E-state index >= 15 is 0 Å². The second-order valence-electron chi connectivity index (χ2n) is 4.14. The number of rotatable bonds is 2. The summed E-state index contributed by atoms with van der Waals surface area (Å²) in [4.78, 5) is 11.8. The molecule has 0 saturated heterocycles. The Morgan fingerprint density at radius 1 is 1.53 bits per heavy atom. The Kier molecular flexibility index (Phi) is 3.07. The predicted octanol–water partition coefficient (Wildman–Crippen LogP) is 3.79. The van der Waals surface area contributed by atoms with Crippen LogP contribution in [0.5, 0.6) is 0 Å². The molecular formula is C11H11BrINO. The van der Waals surface area contributed by atoms with Crippen LogP contribution < -0.4 is 5.32 Å². The molecule has 1 N–H and O–H groups in total. The monoisotopic (exact) mass is 379 g/mol.